The number of amides is 1. The number of carbonyl (C=O) groups is 2. The standard InChI is InChI=1S/C15H18BrNO4/c1-10-8-17(9-13(21-10)15(19)20)14(18)7-4-11-2-5-12(16)6-3-11/h2-3,5-6,10,13H,4,7-9H2,1H3,(H,19,20)/t10-,13?/m1/s1. The van der Waals surface area contributed by atoms with Crippen molar-refractivity contribution in [1.29, 1.82) is 0 Å². The Bertz CT molecular complexity index is 517. The zero-order valence-electron chi connectivity index (χ0n) is 11.8. The highest BCUT2D eigenvalue weighted by atomic mass is 79.9. The van der Waals surface area contributed by atoms with Gasteiger partial charge in [0, 0.05) is 17.4 Å². The molecule has 0 spiro atoms. The number of hydrogen-bond donors (Lipinski definition) is 1. The quantitative estimate of drug-likeness (QED) is 0.897. The van der Waals surface area contributed by atoms with E-state index in [2.05, 4.69) is 15.9 Å². The predicted molar refractivity (Wildman–Crippen MR) is 81.0 cm³/mol. The largest absolute Gasteiger partial charge is 0.479 e. The normalized spacial score (nSPS) is 22.1. The molecule has 114 valence electrons. The first-order chi connectivity index (χ1) is 9.95. The summed E-state index contributed by atoms with van der Waals surface area (Å²) in [5, 5.41) is 9.02. The monoisotopic (exact) mass is 355 g/mol. The lowest BCUT2D eigenvalue weighted by atomic mass is 10.1. The van der Waals surface area contributed by atoms with E-state index in [1.807, 2.05) is 24.3 Å². The molecule has 1 aromatic rings. The van der Waals surface area contributed by atoms with Crippen LogP contribution in [-0.2, 0) is 20.7 Å². The zero-order valence-corrected chi connectivity index (χ0v) is 13.4. The maximum absolute atomic E-state index is 12.2. The van der Waals surface area contributed by atoms with Gasteiger partial charge < -0.3 is 14.7 Å². The van der Waals surface area contributed by atoms with Crippen molar-refractivity contribution in [3.63, 3.8) is 0 Å². The van der Waals surface area contributed by atoms with E-state index in [1.54, 1.807) is 11.8 Å². The molecular formula is C15H18BrNO4. The molecule has 1 aromatic carbocycles. The van der Waals surface area contributed by atoms with Gasteiger partial charge >= 0.3 is 5.97 Å². The Hall–Kier alpha value is -1.40. The molecule has 0 saturated carbocycles. The molecule has 1 aliphatic rings. The zero-order chi connectivity index (χ0) is 15.4. The fourth-order valence-corrected chi connectivity index (χ4v) is 2.62. The first kappa shape index (κ1) is 16.0. The average Bonchev–Trinajstić information content (AvgIpc) is 2.45. The van der Waals surface area contributed by atoms with Crippen LogP contribution in [0.3, 0.4) is 0 Å². The van der Waals surface area contributed by atoms with Crippen molar-refractivity contribution in [3.05, 3.63) is 34.3 Å². The van der Waals surface area contributed by atoms with E-state index < -0.39 is 12.1 Å². The van der Waals surface area contributed by atoms with Crippen LogP contribution in [0.15, 0.2) is 28.7 Å². The van der Waals surface area contributed by atoms with Gasteiger partial charge in [-0.2, -0.15) is 0 Å². The third-order valence-corrected chi connectivity index (χ3v) is 3.96. The molecule has 21 heavy (non-hydrogen) atoms. The Labute approximate surface area is 132 Å². The highest BCUT2D eigenvalue weighted by Crippen LogP contribution is 2.15. The third kappa shape index (κ3) is 4.54. The minimum absolute atomic E-state index is 0.0284. The highest BCUT2D eigenvalue weighted by Gasteiger charge is 2.32. The predicted octanol–water partition coefficient (Wildman–Crippen LogP) is 2.08. The number of halogens is 1. The van der Waals surface area contributed by atoms with Gasteiger partial charge in [-0.15, -0.1) is 0 Å². The van der Waals surface area contributed by atoms with Crippen molar-refractivity contribution < 1.29 is 19.4 Å². The van der Waals surface area contributed by atoms with E-state index in [0.717, 1.165) is 10.0 Å². The van der Waals surface area contributed by atoms with Crippen LogP contribution in [0.2, 0.25) is 0 Å². The van der Waals surface area contributed by atoms with Crippen molar-refractivity contribution >= 4 is 27.8 Å². The van der Waals surface area contributed by atoms with Crippen molar-refractivity contribution in [2.24, 2.45) is 0 Å². The molecule has 0 bridgehead atoms. The minimum atomic E-state index is -1.02. The van der Waals surface area contributed by atoms with Crippen LogP contribution in [0.4, 0.5) is 0 Å². The number of aliphatic carboxylic acids is 1. The molecule has 2 atom stereocenters. The summed E-state index contributed by atoms with van der Waals surface area (Å²) in [6, 6.07) is 7.83. The lowest BCUT2D eigenvalue weighted by molar-refractivity contribution is -0.166. The van der Waals surface area contributed by atoms with Gasteiger partial charge in [-0.05, 0) is 31.0 Å². The molecule has 1 N–H and O–H groups in total. The summed E-state index contributed by atoms with van der Waals surface area (Å²) in [6.07, 6.45) is -0.155. The second-order valence-corrected chi connectivity index (χ2v) is 6.11. The minimum Gasteiger partial charge on any atom is -0.479 e. The van der Waals surface area contributed by atoms with E-state index in [9.17, 15) is 9.59 Å². The summed E-state index contributed by atoms with van der Waals surface area (Å²) in [7, 11) is 0. The van der Waals surface area contributed by atoms with Crippen LogP contribution in [0.1, 0.15) is 18.9 Å². The van der Waals surface area contributed by atoms with Crippen molar-refractivity contribution in [2.45, 2.75) is 32.0 Å². The Kier molecular flexibility index (Phi) is 5.36. The number of morpholine rings is 1. The number of carboxylic acids is 1. The number of aryl methyl sites for hydroxylation is 1. The fraction of sp³-hybridized carbons (Fsp3) is 0.467. The molecular weight excluding hydrogens is 338 g/mol. The van der Waals surface area contributed by atoms with Gasteiger partial charge in [0.25, 0.3) is 0 Å². The van der Waals surface area contributed by atoms with Crippen LogP contribution < -0.4 is 0 Å². The smallest absolute Gasteiger partial charge is 0.334 e. The summed E-state index contributed by atoms with van der Waals surface area (Å²) >= 11 is 3.37. The number of carbonyl (C=O) groups excluding carboxylic acids is 1. The SMILES string of the molecule is C[C@@H]1CN(C(=O)CCc2ccc(Br)cc2)CC(C(=O)O)O1. The maximum atomic E-state index is 12.2. The topological polar surface area (TPSA) is 66.8 Å². The van der Waals surface area contributed by atoms with E-state index >= 15 is 0 Å². The van der Waals surface area contributed by atoms with Crippen LogP contribution in [0.25, 0.3) is 0 Å². The molecule has 1 heterocycles. The summed E-state index contributed by atoms with van der Waals surface area (Å²) in [6.45, 7) is 2.35. The van der Waals surface area contributed by atoms with Crippen molar-refractivity contribution in [2.75, 3.05) is 13.1 Å². The number of nitrogens with zero attached hydrogens (tertiary/aromatic N) is 1. The van der Waals surface area contributed by atoms with Crippen molar-refractivity contribution in [3.8, 4) is 0 Å². The van der Waals surface area contributed by atoms with Gasteiger partial charge in [0.15, 0.2) is 6.10 Å². The fourth-order valence-electron chi connectivity index (χ4n) is 2.35. The van der Waals surface area contributed by atoms with E-state index in [1.165, 1.54) is 0 Å². The molecule has 1 amide bonds. The molecule has 1 unspecified atom stereocenters. The molecule has 0 aromatic heterocycles. The summed E-state index contributed by atoms with van der Waals surface area (Å²) in [4.78, 5) is 24.8. The molecule has 6 heteroatoms. The van der Waals surface area contributed by atoms with Crippen molar-refractivity contribution in [1.82, 2.24) is 4.90 Å². The summed E-state index contributed by atoms with van der Waals surface area (Å²) in [5.41, 5.74) is 1.09. The third-order valence-electron chi connectivity index (χ3n) is 3.43. The number of benzene rings is 1. The number of carboxylic acid groups (broad SMARTS) is 1. The molecule has 5 nitrogen and oxygen atoms in total. The maximum Gasteiger partial charge on any atom is 0.334 e. The lowest BCUT2D eigenvalue weighted by Gasteiger charge is -2.35. The second kappa shape index (κ2) is 7.04. The van der Waals surface area contributed by atoms with E-state index in [-0.39, 0.29) is 18.6 Å². The van der Waals surface area contributed by atoms with Crippen LogP contribution in [-0.4, -0.2) is 47.2 Å². The number of hydrogen-bond acceptors (Lipinski definition) is 3. The Morgan fingerprint density at radius 1 is 1.33 bits per heavy atom. The summed E-state index contributed by atoms with van der Waals surface area (Å²) in [5.74, 6) is -1.05. The van der Waals surface area contributed by atoms with Crippen LogP contribution in [0.5, 0.6) is 0 Å². The molecule has 1 fully saturated rings. The molecule has 0 radical (unpaired) electrons. The van der Waals surface area contributed by atoms with Gasteiger partial charge in [-0.3, -0.25) is 4.79 Å². The van der Waals surface area contributed by atoms with Crippen LogP contribution >= 0.6 is 15.9 Å². The van der Waals surface area contributed by atoms with Gasteiger partial charge in [0.2, 0.25) is 5.91 Å². The Balaban J connectivity index is 1.90. The molecule has 0 aliphatic carbocycles. The average molecular weight is 356 g/mol. The number of ether oxygens (including phenoxy) is 1. The Morgan fingerprint density at radius 3 is 2.62 bits per heavy atom. The van der Waals surface area contributed by atoms with Gasteiger partial charge in [-0.25, -0.2) is 4.79 Å². The van der Waals surface area contributed by atoms with E-state index in [0.29, 0.717) is 19.4 Å². The molecule has 1 saturated heterocycles. The van der Waals surface area contributed by atoms with Gasteiger partial charge in [0.05, 0.1) is 12.6 Å². The molecule has 2 rings (SSSR count). The highest BCUT2D eigenvalue weighted by molar-refractivity contribution is 9.10. The first-order valence-electron chi connectivity index (χ1n) is 6.86. The van der Waals surface area contributed by atoms with Gasteiger partial charge in [-0.1, -0.05) is 28.1 Å². The first-order valence-corrected chi connectivity index (χ1v) is 7.65. The lowest BCUT2D eigenvalue weighted by Crippen LogP contribution is -2.51. The summed E-state index contributed by atoms with van der Waals surface area (Å²) < 4.78 is 6.31. The Morgan fingerprint density at radius 2 is 2.00 bits per heavy atom. The van der Waals surface area contributed by atoms with Gasteiger partial charge in [0.1, 0.15) is 0 Å². The second-order valence-electron chi connectivity index (χ2n) is 5.20. The number of rotatable bonds is 4. The van der Waals surface area contributed by atoms with Crippen LogP contribution in [0, 0.1) is 0 Å². The molecule has 1 aliphatic heterocycles. The van der Waals surface area contributed by atoms with E-state index in [4.69, 9.17) is 9.84 Å².